The van der Waals surface area contributed by atoms with Crippen LogP contribution in [0.4, 0.5) is 35.2 Å². The van der Waals surface area contributed by atoms with Crippen LogP contribution in [0.1, 0.15) is 23.5 Å². The van der Waals surface area contributed by atoms with Gasteiger partial charge in [-0.1, -0.05) is 18.2 Å². The number of ether oxygens (including phenoxy) is 1. The minimum absolute atomic E-state index is 0.178. The number of carbonyl (C=O) groups excluding carboxylic acids is 2. The number of anilines is 3. The first-order valence-corrected chi connectivity index (χ1v) is 11.3. The first kappa shape index (κ1) is 24.9. The van der Waals surface area contributed by atoms with Gasteiger partial charge in [0.25, 0.3) is 5.91 Å². The molecule has 0 bridgehead atoms. The van der Waals surface area contributed by atoms with E-state index < -0.39 is 18.1 Å². The molecule has 0 radical (unpaired) electrons. The van der Waals surface area contributed by atoms with E-state index in [0.717, 1.165) is 30.7 Å². The number of nitrogens with zero attached hydrogens (tertiary/aromatic N) is 2. The summed E-state index contributed by atoms with van der Waals surface area (Å²) in [6.07, 6.45) is -1.07. The Morgan fingerprint density at radius 2 is 1.69 bits per heavy atom. The van der Waals surface area contributed by atoms with Gasteiger partial charge in [-0.15, -0.1) is 13.2 Å². The molecule has 1 aromatic heterocycles. The number of halogens is 3. The van der Waals surface area contributed by atoms with E-state index in [9.17, 15) is 22.8 Å². The van der Waals surface area contributed by atoms with Gasteiger partial charge in [0.1, 0.15) is 5.75 Å². The van der Waals surface area contributed by atoms with Gasteiger partial charge in [-0.3, -0.25) is 10.1 Å². The van der Waals surface area contributed by atoms with Gasteiger partial charge in [0.05, 0.1) is 0 Å². The summed E-state index contributed by atoms with van der Waals surface area (Å²) in [5.74, 6) is 0.0639. The third kappa shape index (κ3) is 7.65. The monoisotopic (exact) mass is 502 g/mol. The topological polar surface area (TPSA) is 109 Å². The summed E-state index contributed by atoms with van der Waals surface area (Å²) in [6, 6.07) is 13.7. The number of amides is 3. The van der Waals surface area contributed by atoms with Crippen molar-refractivity contribution in [3.63, 3.8) is 0 Å². The van der Waals surface area contributed by atoms with E-state index in [1.165, 1.54) is 12.1 Å². The summed E-state index contributed by atoms with van der Waals surface area (Å²) in [6.45, 7) is 1.52. The molecule has 0 aliphatic heterocycles. The van der Waals surface area contributed by atoms with E-state index in [4.69, 9.17) is 0 Å². The molecule has 1 aliphatic rings. The molecule has 0 atom stereocenters. The lowest BCUT2D eigenvalue weighted by Crippen LogP contribution is -2.31. The van der Waals surface area contributed by atoms with Crippen molar-refractivity contribution in [2.45, 2.75) is 25.7 Å². The molecule has 9 nitrogen and oxygen atoms in total. The first-order valence-electron chi connectivity index (χ1n) is 11.3. The van der Waals surface area contributed by atoms with Crippen LogP contribution in [0.2, 0.25) is 0 Å². The summed E-state index contributed by atoms with van der Waals surface area (Å²) in [4.78, 5) is 29.4. The van der Waals surface area contributed by atoms with Crippen molar-refractivity contribution in [1.82, 2.24) is 14.9 Å². The van der Waals surface area contributed by atoms with Gasteiger partial charge in [-0.25, -0.2) is 9.78 Å². The summed E-state index contributed by atoms with van der Waals surface area (Å²) >= 11 is 0. The van der Waals surface area contributed by atoms with Gasteiger partial charge in [0.2, 0.25) is 5.82 Å². The first-order chi connectivity index (χ1) is 17.2. The van der Waals surface area contributed by atoms with Crippen LogP contribution in [0.15, 0.2) is 60.8 Å². The van der Waals surface area contributed by atoms with Crippen molar-refractivity contribution >= 4 is 29.1 Å². The molecule has 1 heterocycles. The number of hydrogen-bond acceptors (Lipinski definition) is 5. The molecule has 0 saturated heterocycles. The third-order valence-corrected chi connectivity index (χ3v) is 5.23. The largest absolute Gasteiger partial charge is 0.573 e. The maximum absolute atomic E-state index is 12.8. The standard InChI is InChI=1S/C24H25F3N6O3/c25-24(26,27)36-19-10-8-18(9-11-19)30-23(35)32-20-15-33(14-16-6-7-16)21(31-20)22(34)29-13-12-28-17-4-2-1-3-5-17/h1-5,8-11,15-16,28H,6-7,12-14H2,(H,29,34)(H2,30,32,35). The van der Waals surface area contributed by atoms with Gasteiger partial charge < -0.3 is 25.3 Å². The van der Waals surface area contributed by atoms with Crippen LogP contribution < -0.4 is 26.0 Å². The Bertz CT molecular complexity index is 1180. The highest BCUT2D eigenvalue weighted by molar-refractivity contribution is 5.99. The lowest BCUT2D eigenvalue weighted by Gasteiger charge is -2.10. The van der Waals surface area contributed by atoms with E-state index in [1.54, 1.807) is 10.8 Å². The Morgan fingerprint density at radius 1 is 0.972 bits per heavy atom. The van der Waals surface area contributed by atoms with Crippen LogP contribution in [0.3, 0.4) is 0 Å². The van der Waals surface area contributed by atoms with E-state index in [1.807, 2.05) is 30.3 Å². The number of alkyl halides is 3. The predicted octanol–water partition coefficient (Wildman–Crippen LogP) is 4.68. The Balaban J connectivity index is 1.32. The molecule has 4 N–H and O–H groups in total. The van der Waals surface area contributed by atoms with Crippen LogP contribution in [-0.4, -0.2) is 40.9 Å². The Hall–Kier alpha value is -4.22. The third-order valence-electron chi connectivity index (χ3n) is 5.23. The van der Waals surface area contributed by atoms with Crippen molar-refractivity contribution in [3.05, 3.63) is 66.6 Å². The average Bonchev–Trinajstić information content (AvgIpc) is 3.56. The SMILES string of the molecule is O=C(Nc1ccc(OC(F)(F)F)cc1)Nc1cn(CC2CC2)c(C(=O)NCCNc2ccccc2)n1. The zero-order valence-corrected chi connectivity index (χ0v) is 19.1. The number of para-hydroxylation sites is 1. The van der Waals surface area contributed by atoms with Gasteiger partial charge in [0, 0.05) is 37.2 Å². The number of urea groups is 1. The highest BCUT2D eigenvalue weighted by Crippen LogP contribution is 2.31. The summed E-state index contributed by atoms with van der Waals surface area (Å²) in [7, 11) is 0. The minimum atomic E-state index is -4.80. The number of aromatic nitrogens is 2. The van der Waals surface area contributed by atoms with E-state index in [0.29, 0.717) is 25.6 Å². The van der Waals surface area contributed by atoms with Crippen molar-refractivity contribution in [3.8, 4) is 5.75 Å². The van der Waals surface area contributed by atoms with Crippen LogP contribution in [0, 0.1) is 5.92 Å². The molecular weight excluding hydrogens is 477 g/mol. The second kappa shape index (κ2) is 11.0. The number of imidazole rings is 1. The second-order valence-corrected chi connectivity index (χ2v) is 8.25. The van der Waals surface area contributed by atoms with Crippen LogP contribution in [0.5, 0.6) is 5.75 Å². The van der Waals surface area contributed by atoms with Crippen LogP contribution in [0.25, 0.3) is 0 Å². The van der Waals surface area contributed by atoms with Crippen LogP contribution in [-0.2, 0) is 6.54 Å². The van der Waals surface area contributed by atoms with E-state index in [2.05, 4.69) is 31.0 Å². The summed E-state index contributed by atoms with van der Waals surface area (Å²) < 4.78 is 42.4. The van der Waals surface area contributed by atoms with E-state index in [-0.39, 0.29) is 23.2 Å². The molecule has 1 saturated carbocycles. The van der Waals surface area contributed by atoms with Crippen molar-refractivity contribution < 1.29 is 27.5 Å². The maximum atomic E-state index is 12.8. The molecule has 2 aromatic carbocycles. The van der Waals surface area contributed by atoms with Gasteiger partial charge in [-0.2, -0.15) is 0 Å². The fourth-order valence-electron chi connectivity index (χ4n) is 3.41. The zero-order chi connectivity index (χ0) is 25.5. The molecule has 3 amide bonds. The fourth-order valence-corrected chi connectivity index (χ4v) is 3.41. The zero-order valence-electron chi connectivity index (χ0n) is 19.1. The molecule has 36 heavy (non-hydrogen) atoms. The number of nitrogens with one attached hydrogen (secondary N) is 4. The molecule has 190 valence electrons. The molecule has 4 rings (SSSR count). The molecule has 12 heteroatoms. The average molecular weight is 502 g/mol. The Kier molecular flexibility index (Phi) is 7.62. The molecule has 1 aliphatic carbocycles. The highest BCUT2D eigenvalue weighted by Gasteiger charge is 2.31. The number of rotatable bonds is 10. The normalized spacial score (nSPS) is 13.1. The quantitative estimate of drug-likeness (QED) is 0.301. The predicted molar refractivity (Wildman–Crippen MR) is 128 cm³/mol. The number of benzene rings is 2. The van der Waals surface area contributed by atoms with Gasteiger partial charge in [0.15, 0.2) is 5.82 Å². The highest BCUT2D eigenvalue weighted by atomic mass is 19.4. The van der Waals surface area contributed by atoms with E-state index >= 15 is 0 Å². The second-order valence-electron chi connectivity index (χ2n) is 8.25. The summed E-state index contributed by atoms with van der Waals surface area (Å²) in [5.41, 5.74) is 1.20. The molecule has 1 fully saturated rings. The van der Waals surface area contributed by atoms with Crippen LogP contribution >= 0.6 is 0 Å². The van der Waals surface area contributed by atoms with Gasteiger partial charge >= 0.3 is 12.4 Å². The van der Waals surface area contributed by atoms with Gasteiger partial charge in [-0.05, 0) is 55.2 Å². The minimum Gasteiger partial charge on any atom is -0.406 e. The molecule has 0 unspecified atom stereocenters. The van der Waals surface area contributed by atoms with Crippen molar-refractivity contribution in [2.75, 3.05) is 29.0 Å². The number of hydrogen-bond donors (Lipinski definition) is 4. The summed E-state index contributed by atoms with van der Waals surface area (Å²) in [5, 5.41) is 11.1. The molecule has 3 aromatic rings. The Labute approximate surface area is 205 Å². The lowest BCUT2D eigenvalue weighted by molar-refractivity contribution is -0.274. The molecule has 0 spiro atoms. The van der Waals surface area contributed by atoms with Crippen molar-refractivity contribution in [2.24, 2.45) is 5.92 Å². The fraction of sp³-hybridized carbons (Fsp3) is 0.292. The molecular formula is C24H25F3N6O3. The smallest absolute Gasteiger partial charge is 0.406 e. The maximum Gasteiger partial charge on any atom is 0.573 e. The van der Waals surface area contributed by atoms with Crippen molar-refractivity contribution in [1.29, 1.82) is 0 Å². The number of carbonyl (C=O) groups is 2. The Morgan fingerprint density at radius 3 is 2.36 bits per heavy atom. The lowest BCUT2D eigenvalue weighted by atomic mass is 10.3.